The fourth-order valence-electron chi connectivity index (χ4n) is 4.32. The van der Waals surface area contributed by atoms with E-state index in [0.717, 1.165) is 5.56 Å². The van der Waals surface area contributed by atoms with Gasteiger partial charge in [-0.25, -0.2) is 4.79 Å². The van der Waals surface area contributed by atoms with Gasteiger partial charge in [-0.15, -0.1) is 0 Å². The number of benzene rings is 1. The monoisotopic (exact) mass is 558 g/mol. The first kappa shape index (κ1) is 32.1. The minimum absolute atomic E-state index is 0.0400. The molecule has 0 spiro atoms. The molecule has 0 aliphatic carbocycles. The maximum absolute atomic E-state index is 13.5. The van der Waals surface area contributed by atoms with Gasteiger partial charge in [0.25, 0.3) is 5.78 Å². The van der Waals surface area contributed by atoms with Crippen molar-refractivity contribution in [2.45, 2.75) is 83.8 Å². The van der Waals surface area contributed by atoms with Gasteiger partial charge in [0, 0.05) is 6.54 Å². The molecule has 218 valence electrons. The zero-order chi connectivity index (χ0) is 29.8. The lowest BCUT2D eigenvalue weighted by Crippen LogP contribution is -2.57. The van der Waals surface area contributed by atoms with Crippen LogP contribution in [0.2, 0.25) is 0 Å². The van der Waals surface area contributed by atoms with Crippen LogP contribution < -0.4 is 16.0 Å². The Morgan fingerprint density at radius 1 is 1.10 bits per heavy atom. The Morgan fingerprint density at radius 3 is 2.38 bits per heavy atom. The van der Waals surface area contributed by atoms with Crippen molar-refractivity contribution in [3.8, 4) is 0 Å². The van der Waals surface area contributed by atoms with Crippen LogP contribution in [0.15, 0.2) is 30.3 Å². The molecule has 40 heavy (non-hydrogen) atoms. The Labute approximate surface area is 233 Å². The zero-order valence-electron chi connectivity index (χ0n) is 23.2. The standard InChI is InChI=1S/C27H38N6O7/c1-16(2)13-20(31-27(39)40-15-19-9-6-5-7-10-19)26(38)33-12-8-11-21(33)25(37)30-17(3)24(36)32-23(18(4)34)22(35)14-29-28/h5-7,9-10,14,16-18,20-21,23,34H,8,11-13,15H2,1-4H3,(H,30,37)(H,31,39)(H,32,36)/t17-,18+,20-,21-,23-/m0/s1. The Kier molecular flexibility index (Phi) is 12.4. The van der Waals surface area contributed by atoms with Gasteiger partial charge in [-0.05, 0) is 44.6 Å². The number of alkyl carbamates (subject to hydrolysis) is 1. The molecule has 0 unspecified atom stereocenters. The summed E-state index contributed by atoms with van der Waals surface area (Å²) in [6, 6.07) is 4.84. The normalized spacial score (nSPS) is 17.6. The quantitative estimate of drug-likeness (QED) is 0.154. The minimum Gasteiger partial charge on any atom is -0.445 e. The number of hydrogen-bond donors (Lipinski definition) is 4. The number of Topliss-reactive ketones (excluding diaryl/α,β-unsaturated/α-hetero) is 1. The third kappa shape index (κ3) is 9.58. The van der Waals surface area contributed by atoms with Crippen molar-refractivity contribution in [1.29, 1.82) is 0 Å². The van der Waals surface area contributed by atoms with Crippen LogP contribution in [-0.2, 0) is 30.5 Å². The van der Waals surface area contributed by atoms with Gasteiger partial charge in [-0.2, -0.15) is 4.79 Å². The predicted octanol–water partition coefficient (Wildman–Crippen LogP) is 0.559. The van der Waals surface area contributed by atoms with Crippen molar-refractivity contribution in [1.82, 2.24) is 20.9 Å². The van der Waals surface area contributed by atoms with Crippen LogP contribution in [0.3, 0.4) is 0 Å². The number of carbonyl (C=O) groups excluding carboxylic acids is 5. The molecule has 1 aliphatic heterocycles. The van der Waals surface area contributed by atoms with E-state index in [-0.39, 0.29) is 12.5 Å². The molecular weight excluding hydrogens is 520 g/mol. The van der Waals surface area contributed by atoms with Crippen LogP contribution in [0.1, 0.15) is 52.5 Å². The third-order valence-electron chi connectivity index (χ3n) is 6.37. The van der Waals surface area contributed by atoms with Crippen LogP contribution >= 0.6 is 0 Å². The molecule has 1 aromatic carbocycles. The second kappa shape index (κ2) is 15.5. The number of nitrogens with one attached hydrogen (secondary N) is 3. The lowest BCUT2D eigenvalue weighted by atomic mass is 10.0. The molecule has 13 nitrogen and oxygen atoms in total. The van der Waals surface area contributed by atoms with Crippen molar-refractivity contribution < 1.29 is 38.6 Å². The molecule has 1 aromatic rings. The smallest absolute Gasteiger partial charge is 0.408 e. The molecule has 0 bridgehead atoms. The molecule has 2 rings (SSSR count). The highest BCUT2D eigenvalue weighted by Gasteiger charge is 2.39. The molecule has 4 amide bonds. The summed E-state index contributed by atoms with van der Waals surface area (Å²) >= 11 is 0. The molecule has 5 atom stereocenters. The summed E-state index contributed by atoms with van der Waals surface area (Å²) in [5, 5.41) is 17.3. The molecule has 1 fully saturated rings. The van der Waals surface area contributed by atoms with E-state index in [9.17, 15) is 29.1 Å². The minimum atomic E-state index is -1.38. The van der Waals surface area contributed by atoms with Gasteiger partial charge in [-0.3, -0.25) is 19.2 Å². The van der Waals surface area contributed by atoms with Crippen LogP contribution in [0.4, 0.5) is 4.79 Å². The van der Waals surface area contributed by atoms with E-state index in [0.29, 0.717) is 32.0 Å². The van der Waals surface area contributed by atoms with Crippen molar-refractivity contribution in [3.63, 3.8) is 0 Å². The Morgan fingerprint density at radius 2 is 1.77 bits per heavy atom. The van der Waals surface area contributed by atoms with E-state index in [4.69, 9.17) is 10.3 Å². The van der Waals surface area contributed by atoms with E-state index in [1.807, 2.05) is 44.2 Å². The lowest BCUT2D eigenvalue weighted by molar-refractivity contribution is -0.141. The Balaban J connectivity index is 2.03. The molecule has 13 heteroatoms. The van der Waals surface area contributed by atoms with Crippen molar-refractivity contribution in [2.75, 3.05) is 6.54 Å². The second-order valence-corrected chi connectivity index (χ2v) is 10.2. The first-order valence-electron chi connectivity index (χ1n) is 13.2. The fraction of sp³-hybridized carbons (Fsp3) is 0.556. The summed E-state index contributed by atoms with van der Waals surface area (Å²) in [4.78, 5) is 67.6. The van der Waals surface area contributed by atoms with Crippen LogP contribution in [0.5, 0.6) is 0 Å². The van der Waals surface area contributed by atoms with E-state index < -0.39 is 59.9 Å². The van der Waals surface area contributed by atoms with E-state index in [1.54, 1.807) is 0 Å². The predicted molar refractivity (Wildman–Crippen MR) is 144 cm³/mol. The van der Waals surface area contributed by atoms with Crippen molar-refractivity contribution in [3.05, 3.63) is 41.4 Å². The van der Waals surface area contributed by atoms with Gasteiger partial charge in [-0.1, -0.05) is 44.2 Å². The number of hydrogen-bond acceptors (Lipinski definition) is 7. The summed E-state index contributed by atoms with van der Waals surface area (Å²) in [7, 11) is 0. The first-order valence-corrected chi connectivity index (χ1v) is 13.2. The highest BCUT2D eigenvalue weighted by atomic mass is 16.5. The third-order valence-corrected chi connectivity index (χ3v) is 6.37. The highest BCUT2D eigenvalue weighted by Crippen LogP contribution is 2.21. The summed E-state index contributed by atoms with van der Waals surface area (Å²) in [6.07, 6.45) is -0.236. The molecular formula is C27H38N6O7. The van der Waals surface area contributed by atoms with Crippen LogP contribution in [-0.4, -0.2) is 87.4 Å². The Bertz CT molecular complexity index is 1100. The molecule has 1 saturated heterocycles. The molecule has 4 N–H and O–H groups in total. The van der Waals surface area contributed by atoms with Gasteiger partial charge < -0.3 is 36.2 Å². The van der Waals surface area contributed by atoms with Gasteiger partial charge in [0.15, 0.2) is 0 Å². The fourth-order valence-corrected chi connectivity index (χ4v) is 4.32. The first-order chi connectivity index (χ1) is 18.9. The van der Waals surface area contributed by atoms with Gasteiger partial charge >= 0.3 is 12.3 Å². The molecule has 1 heterocycles. The van der Waals surface area contributed by atoms with Crippen LogP contribution in [0, 0.1) is 5.92 Å². The SMILES string of the molecule is CC(C)C[C@H](NC(=O)OCc1ccccc1)C(=O)N1CCC[C@H]1C(=O)N[C@@H](C)C(=O)N[C@H](C(=O)C=[N+]=[N-])[C@@H](C)O. The van der Waals surface area contributed by atoms with E-state index in [1.165, 1.54) is 18.7 Å². The largest absolute Gasteiger partial charge is 0.445 e. The number of rotatable bonds is 13. The number of carbonyl (C=O) groups is 5. The number of ketones is 1. The topological polar surface area (TPSA) is 191 Å². The zero-order valence-corrected chi connectivity index (χ0v) is 23.2. The van der Waals surface area contributed by atoms with Gasteiger partial charge in [0.05, 0.1) is 6.10 Å². The molecule has 1 aliphatic rings. The lowest BCUT2D eigenvalue weighted by Gasteiger charge is -2.30. The average molecular weight is 559 g/mol. The van der Waals surface area contributed by atoms with Crippen molar-refractivity contribution >= 4 is 35.8 Å². The summed E-state index contributed by atoms with van der Waals surface area (Å²) in [5.74, 6) is -2.52. The molecule has 0 saturated carbocycles. The van der Waals surface area contributed by atoms with E-state index in [2.05, 4.69) is 20.7 Å². The van der Waals surface area contributed by atoms with Gasteiger partial charge in [0.1, 0.15) is 30.8 Å². The number of aliphatic hydroxyl groups excluding tert-OH is 1. The number of ether oxygens (including phenoxy) is 1. The summed E-state index contributed by atoms with van der Waals surface area (Å²) in [5.41, 5.74) is 9.36. The number of aliphatic hydroxyl groups is 1. The maximum atomic E-state index is 13.5. The summed E-state index contributed by atoms with van der Waals surface area (Å²) < 4.78 is 5.28. The number of likely N-dealkylation sites (tertiary alicyclic amines) is 1. The van der Waals surface area contributed by atoms with Gasteiger partial charge in [0.2, 0.25) is 17.7 Å². The van der Waals surface area contributed by atoms with Crippen molar-refractivity contribution in [2.24, 2.45) is 5.92 Å². The average Bonchev–Trinajstić information content (AvgIpc) is 3.40. The molecule has 0 aromatic heterocycles. The maximum Gasteiger partial charge on any atom is 0.408 e. The van der Waals surface area contributed by atoms with Crippen LogP contribution in [0.25, 0.3) is 5.53 Å². The number of amides is 4. The Hall–Kier alpha value is -4.09. The summed E-state index contributed by atoms with van der Waals surface area (Å²) in [6.45, 7) is 6.82. The second-order valence-electron chi connectivity index (χ2n) is 10.2. The highest BCUT2D eigenvalue weighted by molar-refractivity contribution is 6.28. The number of nitrogens with zero attached hydrogens (tertiary/aromatic N) is 3. The van der Waals surface area contributed by atoms with E-state index >= 15 is 0 Å². The molecule has 0 radical (unpaired) electrons.